The monoisotopic (exact) mass is 638 g/mol. The number of benzene rings is 3. The normalized spacial score (nSPS) is 21.4. The molecular formula is C34H37F3N4O3S. The molecule has 0 aromatic heterocycles. The van der Waals surface area contributed by atoms with Crippen molar-refractivity contribution in [2.24, 2.45) is 16.8 Å². The summed E-state index contributed by atoms with van der Waals surface area (Å²) in [4.78, 5) is 17.7. The van der Waals surface area contributed by atoms with Gasteiger partial charge in [-0.2, -0.15) is 4.31 Å². The molecule has 45 heavy (non-hydrogen) atoms. The molecule has 4 atom stereocenters. The third-order valence-corrected chi connectivity index (χ3v) is 10.4. The SMILES string of the molecule is C[C@H](C(=O)NC1=CN=CC(F)C1CCC1CNCCN1S(=O)(=O)Cc1ccccc1)C(c1ccc(F)cc1)c1ccc(F)cc1. The fourth-order valence-electron chi connectivity index (χ4n) is 6.13. The van der Waals surface area contributed by atoms with Crippen molar-refractivity contribution in [2.45, 2.75) is 43.6 Å². The van der Waals surface area contributed by atoms with Crippen LogP contribution in [0.15, 0.2) is 95.8 Å². The molecule has 5 rings (SSSR count). The molecule has 1 saturated heterocycles. The second-order valence-electron chi connectivity index (χ2n) is 11.6. The number of sulfonamides is 1. The molecule has 238 valence electrons. The second kappa shape index (κ2) is 14.5. The van der Waals surface area contributed by atoms with E-state index in [0.717, 1.165) is 0 Å². The maximum Gasteiger partial charge on any atom is 0.227 e. The number of amides is 1. The van der Waals surface area contributed by atoms with Gasteiger partial charge in [-0.15, -0.1) is 0 Å². The molecule has 1 fully saturated rings. The lowest BCUT2D eigenvalue weighted by molar-refractivity contribution is -0.124. The van der Waals surface area contributed by atoms with Gasteiger partial charge in [0.1, 0.15) is 17.8 Å². The van der Waals surface area contributed by atoms with Crippen molar-refractivity contribution in [3.8, 4) is 0 Å². The Balaban J connectivity index is 1.30. The maximum atomic E-state index is 15.3. The van der Waals surface area contributed by atoms with E-state index in [1.807, 2.05) is 6.07 Å². The number of nitrogens with zero attached hydrogens (tertiary/aromatic N) is 2. The zero-order valence-corrected chi connectivity index (χ0v) is 25.8. The standard InChI is InChI=1S/C34H37F3N4O3S/c1-23(33(25-7-11-27(35)12-8-25)26-9-13-28(36)14-10-26)34(42)40-32-21-39-20-31(37)30(32)16-15-29-19-38-17-18-41(29)45(43,44)22-24-5-3-2-4-6-24/h2-14,20-21,23,29-31,33,38H,15-19,22H2,1H3,(H,40,42)/t23-,29?,30?,31?/m0/s1. The summed E-state index contributed by atoms with van der Waals surface area (Å²) in [6.07, 6.45) is 1.79. The molecule has 2 aliphatic rings. The molecule has 1 amide bonds. The topological polar surface area (TPSA) is 90.9 Å². The van der Waals surface area contributed by atoms with Gasteiger partial charge < -0.3 is 10.6 Å². The number of hydrogen-bond donors (Lipinski definition) is 2. The molecule has 3 aromatic rings. The van der Waals surface area contributed by atoms with Gasteiger partial charge in [-0.25, -0.2) is 21.6 Å². The van der Waals surface area contributed by atoms with E-state index >= 15 is 4.39 Å². The number of hydrogen-bond acceptors (Lipinski definition) is 5. The number of aliphatic imine (C=N–C) groups is 1. The Hall–Kier alpha value is -3.80. The van der Waals surface area contributed by atoms with E-state index in [4.69, 9.17) is 0 Å². The summed E-state index contributed by atoms with van der Waals surface area (Å²) in [6, 6.07) is 20.2. The number of piperazine rings is 1. The van der Waals surface area contributed by atoms with Gasteiger partial charge in [-0.3, -0.25) is 9.79 Å². The van der Waals surface area contributed by atoms with Crippen molar-refractivity contribution in [1.29, 1.82) is 0 Å². The van der Waals surface area contributed by atoms with Gasteiger partial charge in [-0.1, -0.05) is 61.5 Å². The van der Waals surface area contributed by atoms with Gasteiger partial charge in [-0.05, 0) is 53.8 Å². The van der Waals surface area contributed by atoms with Crippen LogP contribution in [0.3, 0.4) is 0 Å². The molecule has 7 nitrogen and oxygen atoms in total. The van der Waals surface area contributed by atoms with Crippen LogP contribution in [-0.4, -0.2) is 56.7 Å². The summed E-state index contributed by atoms with van der Waals surface area (Å²) in [5.41, 5.74) is 2.34. The van der Waals surface area contributed by atoms with Crippen molar-refractivity contribution in [3.63, 3.8) is 0 Å². The molecule has 11 heteroatoms. The van der Waals surface area contributed by atoms with Crippen LogP contribution in [0, 0.1) is 23.5 Å². The fraction of sp³-hybridized carbons (Fsp3) is 0.353. The first-order chi connectivity index (χ1) is 21.6. The van der Waals surface area contributed by atoms with Gasteiger partial charge in [0.05, 0.1) is 5.75 Å². The molecule has 0 radical (unpaired) electrons. The highest BCUT2D eigenvalue weighted by Gasteiger charge is 2.36. The first-order valence-corrected chi connectivity index (χ1v) is 16.7. The van der Waals surface area contributed by atoms with E-state index < -0.39 is 51.5 Å². The lowest BCUT2D eigenvalue weighted by atomic mass is 9.81. The van der Waals surface area contributed by atoms with E-state index in [2.05, 4.69) is 15.6 Å². The zero-order valence-electron chi connectivity index (χ0n) is 25.0. The number of carbonyl (C=O) groups excluding carboxylic acids is 1. The van der Waals surface area contributed by atoms with Crippen molar-refractivity contribution >= 4 is 22.1 Å². The summed E-state index contributed by atoms with van der Waals surface area (Å²) in [5.74, 6) is -3.34. The lowest BCUT2D eigenvalue weighted by Crippen LogP contribution is -2.54. The van der Waals surface area contributed by atoms with Gasteiger partial charge in [0.25, 0.3) is 0 Å². The second-order valence-corrected chi connectivity index (χ2v) is 13.5. The van der Waals surface area contributed by atoms with Crippen LogP contribution in [-0.2, 0) is 20.6 Å². The van der Waals surface area contributed by atoms with Gasteiger partial charge in [0, 0.05) is 61.5 Å². The smallest absolute Gasteiger partial charge is 0.227 e. The molecule has 0 bridgehead atoms. The van der Waals surface area contributed by atoms with E-state index in [1.165, 1.54) is 41.0 Å². The average molecular weight is 639 g/mol. The number of nitrogens with one attached hydrogen (secondary N) is 2. The van der Waals surface area contributed by atoms with Crippen LogP contribution in [0.5, 0.6) is 0 Å². The fourth-order valence-corrected chi connectivity index (χ4v) is 7.91. The Labute approximate surface area is 262 Å². The summed E-state index contributed by atoms with van der Waals surface area (Å²) in [5, 5.41) is 6.13. The Kier molecular flexibility index (Phi) is 10.5. The molecule has 0 spiro atoms. The minimum absolute atomic E-state index is 0.117. The molecular weight excluding hydrogens is 601 g/mol. The summed E-state index contributed by atoms with van der Waals surface area (Å²) in [7, 11) is -3.62. The highest BCUT2D eigenvalue weighted by molar-refractivity contribution is 7.88. The van der Waals surface area contributed by atoms with Crippen molar-refractivity contribution in [2.75, 3.05) is 19.6 Å². The summed E-state index contributed by atoms with van der Waals surface area (Å²) in [6.45, 7) is 2.99. The van der Waals surface area contributed by atoms with Crippen LogP contribution < -0.4 is 10.6 Å². The van der Waals surface area contributed by atoms with Crippen LogP contribution >= 0.6 is 0 Å². The predicted octanol–water partition coefficient (Wildman–Crippen LogP) is 5.31. The Bertz CT molecular complexity index is 1570. The molecule has 2 aliphatic heterocycles. The van der Waals surface area contributed by atoms with Gasteiger partial charge >= 0.3 is 0 Å². The largest absolute Gasteiger partial charge is 0.328 e. The number of alkyl halides is 1. The minimum Gasteiger partial charge on any atom is -0.328 e. The molecule has 0 saturated carbocycles. The number of allylic oxidation sites excluding steroid dienone is 1. The average Bonchev–Trinajstić information content (AvgIpc) is 3.03. The van der Waals surface area contributed by atoms with Crippen LogP contribution in [0.4, 0.5) is 13.2 Å². The molecule has 2 heterocycles. The Morgan fingerprint density at radius 3 is 2.22 bits per heavy atom. The van der Waals surface area contributed by atoms with Crippen molar-refractivity contribution < 1.29 is 26.4 Å². The number of rotatable bonds is 11. The molecule has 3 unspecified atom stereocenters. The van der Waals surface area contributed by atoms with Crippen molar-refractivity contribution in [1.82, 2.24) is 14.9 Å². The quantitative estimate of drug-likeness (QED) is 0.298. The highest BCUT2D eigenvalue weighted by atomic mass is 32.2. The molecule has 0 aliphatic carbocycles. The molecule has 3 aromatic carbocycles. The van der Waals surface area contributed by atoms with E-state index in [1.54, 1.807) is 55.5 Å². The van der Waals surface area contributed by atoms with E-state index in [-0.39, 0.29) is 18.2 Å². The van der Waals surface area contributed by atoms with Gasteiger partial charge in [0.15, 0.2) is 0 Å². The minimum atomic E-state index is -3.62. The maximum absolute atomic E-state index is 15.3. The summed E-state index contributed by atoms with van der Waals surface area (Å²) < 4.78 is 71.1. The van der Waals surface area contributed by atoms with Crippen molar-refractivity contribution in [3.05, 3.63) is 119 Å². The Morgan fingerprint density at radius 2 is 1.60 bits per heavy atom. The summed E-state index contributed by atoms with van der Waals surface area (Å²) >= 11 is 0. The predicted molar refractivity (Wildman–Crippen MR) is 169 cm³/mol. The Morgan fingerprint density at radius 1 is 0.978 bits per heavy atom. The molecule has 2 N–H and O–H groups in total. The lowest BCUT2D eigenvalue weighted by Gasteiger charge is -2.36. The third-order valence-electron chi connectivity index (χ3n) is 8.52. The van der Waals surface area contributed by atoms with Crippen LogP contribution in [0.2, 0.25) is 0 Å². The van der Waals surface area contributed by atoms with Gasteiger partial charge in [0.2, 0.25) is 15.9 Å². The highest BCUT2D eigenvalue weighted by Crippen LogP contribution is 2.34. The third kappa shape index (κ3) is 8.08. The van der Waals surface area contributed by atoms with Crippen LogP contribution in [0.25, 0.3) is 0 Å². The van der Waals surface area contributed by atoms with E-state index in [0.29, 0.717) is 48.4 Å². The first kappa shape index (κ1) is 32.6. The van der Waals surface area contributed by atoms with E-state index in [9.17, 15) is 22.0 Å². The zero-order chi connectivity index (χ0) is 32.0. The van der Waals surface area contributed by atoms with Crippen LogP contribution in [0.1, 0.15) is 42.4 Å². The number of halogens is 3. The first-order valence-electron chi connectivity index (χ1n) is 15.1. The number of carbonyl (C=O) groups is 1.